The van der Waals surface area contributed by atoms with Crippen molar-refractivity contribution in [1.29, 1.82) is 0 Å². The van der Waals surface area contributed by atoms with Gasteiger partial charge in [0.05, 0.1) is 0 Å². The molecule has 0 bridgehead atoms. The molecule has 0 saturated heterocycles. The van der Waals surface area contributed by atoms with E-state index in [-0.39, 0.29) is 11.7 Å². The molecule has 0 spiro atoms. The van der Waals surface area contributed by atoms with E-state index >= 15 is 0 Å². The van der Waals surface area contributed by atoms with Gasteiger partial charge in [-0.1, -0.05) is 0 Å². The highest BCUT2D eigenvalue weighted by Crippen LogP contribution is 1.67. The molecule has 5 N–H and O–H groups in total. The van der Waals surface area contributed by atoms with Crippen molar-refractivity contribution >= 4 is 0 Å². The molecule has 0 radical (unpaired) electrons. The van der Waals surface area contributed by atoms with E-state index < -0.39 is 5.95 Å². The smallest absolute Gasteiger partial charge is 0.310 e. The Morgan fingerprint density at radius 2 is 1.50 bits per heavy atom. The average molecular weight is 94.1 g/mol. The molecule has 0 rings (SSSR count). The fourth-order valence-electron chi connectivity index (χ4n) is 0. The predicted molar refractivity (Wildman–Crippen MR) is 19.6 cm³/mol. The van der Waals surface area contributed by atoms with Gasteiger partial charge in [-0.25, -0.2) is 0 Å². The fourth-order valence-corrected chi connectivity index (χ4v) is 0. The van der Waals surface area contributed by atoms with E-state index in [2.05, 4.69) is 0 Å². The third kappa shape index (κ3) is 11.3. The zero-order valence-electron chi connectivity index (χ0n) is 2.92. The van der Waals surface area contributed by atoms with Crippen LogP contribution in [-0.4, -0.2) is 20.8 Å². The van der Waals surface area contributed by atoms with E-state index in [1.807, 2.05) is 0 Å². The van der Waals surface area contributed by atoms with Crippen molar-refractivity contribution in [3.63, 3.8) is 0 Å². The Labute approximate surface area is 34.3 Å². The maximum absolute atomic E-state index is 7.53. The summed E-state index contributed by atoms with van der Waals surface area (Å²) in [6, 6.07) is 0. The average Bonchev–Trinajstić information content (AvgIpc) is 1.38. The van der Waals surface area contributed by atoms with Gasteiger partial charge in [-0.2, -0.15) is 0 Å². The zero-order chi connectivity index (χ0) is 4.28. The number of hydrogen-bond acceptors (Lipinski definition) is 3. The van der Waals surface area contributed by atoms with Gasteiger partial charge < -0.3 is 20.8 Å². The van der Waals surface area contributed by atoms with Gasteiger partial charge in [0.2, 0.25) is 0 Å². The van der Waals surface area contributed by atoms with Crippen LogP contribution in [0.3, 0.4) is 0 Å². The summed E-state index contributed by atoms with van der Waals surface area (Å²) in [7, 11) is 0. The number of aliphatic hydroxyl groups is 3. The molecule has 0 atom stereocenters. The highest BCUT2D eigenvalue weighted by Gasteiger charge is 1.69. The molecule has 0 amide bonds. The summed E-state index contributed by atoms with van der Waals surface area (Å²) >= 11 is 0. The van der Waals surface area contributed by atoms with Crippen molar-refractivity contribution in [2.75, 3.05) is 0 Å². The highest BCUT2D eigenvalue weighted by atomic mass is 16.5. The van der Waals surface area contributed by atoms with Crippen LogP contribution in [0.1, 0.15) is 0 Å². The number of hydrogen-bond donors (Lipinski definition) is 3. The first-order valence-electron chi connectivity index (χ1n) is 0.994. The second kappa shape index (κ2) is 4.10. The summed E-state index contributed by atoms with van der Waals surface area (Å²) in [5.41, 5.74) is 0. The van der Waals surface area contributed by atoms with Crippen LogP contribution in [0.25, 0.3) is 0 Å². The lowest BCUT2D eigenvalue weighted by molar-refractivity contribution is 0.172. The molecule has 0 aliphatic rings. The molecule has 0 aromatic rings. The van der Waals surface area contributed by atoms with Gasteiger partial charge in [-0.15, -0.1) is 0 Å². The molecule has 4 nitrogen and oxygen atoms in total. The Morgan fingerprint density at radius 1 is 1.33 bits per heavy atom. The standard InChI is InChI=1S/C2H4O3.H2O/c3-1-2(4)5;/h1,3-5H;1H2. The van der Waals surface area contributed by atoms with Gasteiger partial charge in [-0.05, 0) is 0 Å². The van der Waals surface area contributed by atoms with Crippen LogP contribution >= 0.6 is 0 Å². The second-order valence-corrected chi connectivity index (χ2v) is 0.487. The molecule has 0 saturated carbocycles. The molecular weight excluding hydrogens is 88.0 g/mol. The van der Waals surface area contributed by atoms with Gasteiger partial charge >= 0.3 is 5.95 Å². The quantitative estimate of drug-likeness (QED) is 0.358. The Balaban J connectivity index is 0. The third-order valence-corrected chi connectivity index (χ3v) is 0.115. The van der Waals surface area contributed by atoms with Gasteiger partial charge in [0.15, 0.2) is 6.26 Å². The van der Waals surface area contributed by atoms with E-state index in [0.29, 0.717) is 0 Å². The first kappa shape index (κ1) is 8.92. The molecule has 38 valence electrons. The monoisotopic (exact) mass is 94.0 g/mol. The fraction of sp³-hybridized carbons (Fsp3) is 0. The van der Waals surface area contributed by atoms with Crippen LogP contribution in [0.4, 0.5) is 0 Å². The Morgan fingerprint density at radius 3 is 1.50 bits per heavy atom. The Kier molecular flexibility index (Phi) is 6.10. The summed E-state index contributed by atoms with van der Waals surface area (Å²) < 4.78 is 0. The van der Waals surface area contributed by atoms with Gasteiger partial charge in [-0.3, -0.25) is 0 Å². The minimum Gasteiger partial charge on any atom is -0.508 e. The lowest BCUT2D eigenvalue weighted by Crippen LogP contribution is -1.70. The second-order valence-electron chi connectivity index (χ2n) is 0.487. The maximum Gasteiger partial charge on any atom is 0.310 e. The van der Waals surface area contributed by atoms with Crippen LogP contribution in [0.15, 0.2) is 12.2 Å². The van der Waals surface area contributed by atoms with Gasteiger partial charge in [0, 0.05) is 0 Å². The molecule has 0 heterocycles. The van der Waals surface area contributed by atoms with Crippen LogP contribution in [0, 0.1) is 0 Å². The molecule has 6 heavy (non-hydrogen) atoms. The van der Waals surface area contributed by atoms with Crippen LogP contribution < -0.4 is 0 Å². The minimum atomic E-state index is -1.06. The lowest BCUT2D eigenvalue weighted by atomic mass is 11.0. The first-order chi connectivity index (χ1) is 2.27. The molecule has 0 aliphatic carbocycles. The molecule has 0 unspecified atom stereocenters. The molecule has 0 fully saturated rings. The molecule has 4 heteroatoms. The van der Waals surface area contributed by atoms with Crippen molar-refractivity contribution in [3.8, 4) is 0 Å². The Hall–Kier alpha value is -0.900. The summed E-state index contributed by atoms with van der Waals surface area (Å²) in [5.74, 6) is -1.06. The molecule has 0 aliphatic heterocycles. The van der Waals surface area contributed by atoms with Crippen molar-refractivity contribution < 1.29 is 20.8 Å². The number of rotatable bonds is 0. The van der Waals surface area contributed by atoms with Crippen molar-refractivity contribution in [1.82, 2.24) is 0 Å². The lowest BCUT2D eigenvalue weighted by Gasteiger charge is -1.74. The SMILES string of the molecule is O.OC=C(O)O. The van der Waals surface area contributed by atoms with Crippen molar-refractivity contribution in [2.45, 2.75) is 0 Å². The molecule has 0 aromatic heterocycles. The molecular formula is C2H6O4. The normalized spacial score (nSPS) is 5.33. The highest BCUT2D eigenvalue weighted by molar-refractivity contribution is 4.63. The first-order valence-corrected chi connectivity index (χ1v) is 0.994. The molecule has 0 aromatic carbocycles. The van der Waals surface area contributed by atoms with Crippen molar-refractivity contribution in [2.24, 2.45) is 0 Å². The summed E-state index contributed by atoms with van der Waals surface area (Å²) in [4.78, 5) is 0. The maximum atomic E-state index is 7.53. The van der Waals surface area contributed by atoms with Gasteiger partial charge in [0.1, 0.15) is 0 Å². The predicted octanol–water partition coefficient (Wildman–Crippen LogP) is -0.365. The number of aliphatic hydroxyl groups excluding tert-OH is 2. The van der Waals surface area contributed by atoms with E-state index in [0.717, 1.165) is 0 Å². The van der Waals surface area contributed by atoms with E-state index in [4.69, 9.17) is 15.3 Å². The zero-order valence-corrected chi connectivity index (χ0v) is 2.92. The van der Waals surface area contributed by atoms with E-state index in [9.17, 15) is 0 Å². The minimum absolute atomic E-state index is 0. The van der Waals surface area contributed by atoms with Crippen LogP contribution in [-0.2, 0) is 0 Å². The van der Waals surface area contributed by atoms with E-state index in [1.165, 1.54) is 0 Å². The van der Waals surface area contributed by atoms with Crippen LogP contribution in [0.5, 0.6) is 0 Å². The summed E-state index contributed by atoms with van der Waals surface area (Å²) in [6.45, 7) is 0. The Bertz CT molecular complexity index is 43.5. The summed E-state index contributed by atoms with van der Waals surface area (Å²) in [6.07, 6.45) is 0.194. The summed E-state index contributed by atoms with van der Waals surface area (Å²) in [5, 5.41) is 22.5. The van der Waals surface area contributed by atoms with E-state index in [1.54, 1.807) is 0 Å². The third-order valence-electron chi connectivity index (χ3n) is 0.115. The van der Waals surface area contributed by atoms with Crippen molar-refractivity contribution in [3.05, 3.63) is 12.2 Å². The topological polar surface area (TPSA) is 92.2 Å². The van der Waals surface area contributed by atoms with Crippen LogP contribution in [0.2, 0.25) is 0 Å². The largest absolute Gasteiger partial charge is 0.508 e. The van der Waals surface area contributed by atoms with Gasteiger partial charge in [0.25, 0.3) is 0 Å².